The van der Waals surface area contributed by atoms with Crippen molar-refractivity contribution in [2.45, 2.75) is 46.0 Å². The molecule has 0 saturated carbocycles. The van der Waals surface area contributed by atoms with Crippen LogP contribution in [0.3, 0.4) is 0 Å². The molecule has 0 aliphatic rings. The van der Waals surface area contributed by atoms with Crippen LogP contribution in [-0.4, -0.2) is 4.98 Å². The lowest BCUT2D eigenvalue weighted by molar-refractivity contribution is 0.624. The van der Waals surface area contributed by atoms with Gasteiger partial charge in [0.15, 0.2) is 0 Å². The number of rotatable bonds is 4. The average Bonchev–Trinajstić information content (AvgIpc) is 2.41. The summed E-state index contributed by atoms with van der Waals surface area (Å²) in [5.74, 6) is 0.603. The van der Waals surface area contributed by atoms with Crippen molar-refractivity contribution < 1.29 is 0 Å². The van der Waals surface area contributed by atoms with Crippen molar-refractivity contribution in [1.29, 1.82) is 0 Å². The van der Waals surface area contributed by atoms with Crippen LogP contribution in [0.2, 0.25) is 0 Å². The molecule has 1 aromatic heterocycles. The van der Waals surface area contributed by atoms with E-state index in [9.17, 15) is 0 Å². The van der Waals surface area contributed by atoms with Gasteiger partial charge in [-0.1, -0.05) is 26.7 Å². The van der Waals surface area contributed by atoms with E-state index in [4.69, 9.17) is 0 Å². The highest BCUT2D eigenvalue weighted by molar-refractivity contribution is 7.11. The molecule has 0 aromatic carbocycles. The van der Waals surface area contributed by atoms with Crippen LogP contribution in [0.4, 0.5) is 0 Å². The lowest BCUT2D eigenvalue weighted by atomic mass is 10.0. The number of unbranched alkanes of at least 4 members (excludes halogenated alkanes) is 1. The summed E-state index contributed by atoms with van der Waals surface area (Å²) in [5.41, 5.74) is 1.30. The third-order valence-corrected chi connectivity index (χ3v) is 3.20. The summed E-state index contributed by atoms with van der Waals surface area (Å²) >= 11 is 1.80. The number of aryl methyl sites for hydroxylation is 2. The molecular weight excluding hydrogens is 178 g/mol. The van der Waals surface area contributed by atoms with Crippen molar-refractivity contribution in [1.82, 2.24) is 4.98 Å². The zero-order valence-corrected chi connectivity index (χ0v) is 9.58. The summed E-state index contributed by atoms with van der Waals surface area (Å²) in [5, 5.41) is 1.19. The predicted molar refractivity (Wildman–Crippen MR) is 59.2 cm³/mol. The van der Waals surface area contributed by atoms with E-state index in [1.807, 2.05) is 0 Å². The smallest absolute Gasteiger partial charge is 0.0900 e. The molecule has 0 amide bonds. The van der Waals surface area contributed by atoms with E-state index in [1.165, 1.54) is 28.4 Å². The average molecular weight is 196 g/mol. The quantitative estimate of drug-likeness (QED) is 0.712. The van der Waals surface area contributed by atoms with E-state index < -0.39 is 0 Å². The Kier molecular flexibility index (Phi) is 3.91. The third kappa shape index (κ3) is 2.80. The highest BCUT2D eigenvalue weighted by Crippen LogP contribution is 2.27. The van der Waals surface area contributed by atoms with Crippen LogP contribution in [-0.2, 0) is 0 Å². The van der Waals surface area contributed by atoms with Crippen LogP contribution in [0.25, 0.3) is 0 Å². The van der Waals surface area contributed by atoms with Gasteiger partial charge in [0.05, 0.1) is 10.7 Å². The van der Waals surface area contributed by atoms with Gasteiger partial charge in [0.25, 0.3) is 0 Å². The van der Waals surface area contributed by atoms with Gasteiger partial charge in [0.1, 0.15) is 0 Å². The minimum atomic E-state index is 0.603. The predicted octanol–water partition coefficient (Wildman–Crippen LogP) is 3.87. The van der Waals surface area contributed by atoms with Crippen LogP contribution >= 0.6 is 11.3 Å². The van der Waals surface area contributed by atoms with Gasteiger partial charge < -0.3 is 0 Å². The Morgan fingerprint density at radius 2 is 2.15 bits per heavy atom. The van der Waals surface area contributed by atoms with Crippen LogP contribution in [0.5, 0.6) is 0 Å². The van der Waals surface area contributed by atoms with Gasteiger partial charge in [0.2, 0.25) is 0 Å². The molecule has 0 aliphatic carbocycles. The van der Waals surface area contributed by atoms with E-state index >= 15 is 0 Å². The fourth-order valence-corrected chi connectivity index (χ4v) is 2.53. The monoisotopic (exact) mass is 196 g/mol. The molecular formula is C11H18NS. The van der Waals surface area contributed by atoms with Crippen LogP contribution in [0, 0.1) is 20.8 Å². The van der Waals surface area contributed by atoms with E-state index in [-0.39, 0.29) is 0 Å². The Hall–Kier alpha value is -0.370. The van der Waals surface area contributed by atoms with Crippen molar-refractivity contribution >= 4 is 11.3 Å². The Morgan fingerprint density at radius 1 is 1.46 bits per heavy atom. The number of hydrogen-bond donors (Lipinski definition) is 0. The molecule has 2 heteroatoms. The lowest BCUT2D eigenvalue weighted by Crippen LogP contribution is -1.95. The first-order chi connectivity index (χ1) is 6.15. The van der Waals surface area contributed by atoms with E-state index in [1.54, 1.807) is 11.3 Å². The van der Waals surface area contributed by atoms with Crippen LogP contribution in [0.15, 0.2) is 0 Å². The maximum Gasteiger partial charge on any atom is 0.0900 e. The van der Waals surface area contributed by atoms with Gasteiger partial charge in [-0.2, -0.15) is 0 Å². The summed E-state index contributed by atoms with van der Waals surface area (Å²) in [6.07, 6.45) is 3.46. The Bertz CT molecular complexity index is 265. The molecule has 1 nitrogen and oxygen atoms in total. The Morgan fingerprint density at radius 3 is 2.62 bits per heavy atom. The molecule has 0 saturated heterocycles. The number of nitrogens with zero attached hydrogens (tertiary/aromatic N) is 1. The SMILES string of the molecule is [CH2]CCCC(C)c1nc(C)sc1C. The second-order valence-corrected chi connectivity index (χ2v) is 4.98. The molecule has 0 spiro atoms. The van der Waals surface area contributed by atoms with E-state index in [0.29, 0.717) is 5.92 Å². The van der Waals surface area contributed by atoms with Crippen molar-refractivity contribution in [3.8, 4) is 0 Å². The fourth-order valence-electron chi connectivity index (χ4n) is 1.59. The molecule has 13 heavy (non-hydrogen) atoms. The molecule has 1 unspecified atom stereocenters. The largest absolute Gasteiger partial charge is 0.246 e. The molecule has 1 heterocycles. The Balaban J connectivity index is 2.64. The van der Waals surface area contributed by atoms with Crippen molar-refractivity contribution in [3.63, 3.8) is 0 Å². The maximum absolute atomic E-state index is 4.56. The topological polar surface area (TPSA) is 12.9 Å². The molecule has 1 atom stereocenters. The minimum absolute atomic E-state index is 0.603. The second kappa shape index (κ2) is 4.75. The van der Waals surface area contributed by atoms with E-state index in [0.717, 1.165) is 6.42 Å². The highest BCUT2D eigenvalue weighted by Gasteiger charge is 2.11. The fraction of sp³-hybridized carbons (Fsp3) is 0.636. The summed E-state index contributed by atoms with van der Waals surface area (Å²) in [7, 11) is 0. The Labute approximate surface area is 85.2 Å². The summed E-state index contributed by atoms with van der Waals surface area (Å²) in [6.45, 7) is 10.4. The van der Waals surface area contributed by atoms with Gasteiger partial charge in [-0.3, -0.25) is 0 Å². The minimum Gasteiger partial charge on any atom is -0.246 e. The molecule has 73 valence electrons. The molecule has 0 aliphatic heterocycles. The molecule has 1 aromatic rings. The van der Waals surface area contributed by atoms with Crippen molar-refractivity contribution in [2.24, 2.45) is 0 Å². The van der Waals surface area contributed by atoms with Gasteiger partial charge in [-0.15, -0.1) is 11.3 Å². The first kappa shape index (κ1) is 10.7. The summed E-state index contributed by atoms with van der Waals surface area (Å²) in [6, 6.07) is 0. The summed E-state index contributed by atoms with van der Waals surface area (Å²) < 4.78 is 0. The van der Waals surface area contributed by atoms with Gasteiger partial charge in [0, 0.05) is 4.88 Å². The second-order valence-electron chi connectivity index (χ2n) is 3.57. The summed E-state index contributed by atoms with van der Waals surface area (Å²) in [4.78, 5) is 5.94. The number of aromatic nitrogens is 1. The standard InChI is InChI=1S/C11H18NS/c1-5-6-7-8(2)11-9(3)13-10(4)12-11/h8H,1,5-7H2,2-4H3. The maximum atomic E-state index is 4.56. The normalized spacial score (nSPS) is 13.2. The number of thiazole rings is 1. The molecule has 0 bridgehead atoms. The molecule has 0 N–H and O–H groups in total. The zero-order chi connectivity index (χ0) is 9.84. The van der Waals surface area contributed by atoms with Gasteiger partial charge in [-0.25, -0.2) is 4.98 Å². The van der Waals surface area contributed by atoms with Crippen LogP contribution < -0.4 is 0 Å². The highest BCUT2D eigenvalue weighted by atomic mass is 32.1. The van der Waals surface area contributed by atoms with Gasteiger partial charge >= 0.3 is 0 Å². The third-order valence-electron chi connectivity index (χ3n) is 2.29. The van der Waals surface area contributed by atoms with Crippen LogP contribution in [0.1, 0.15) is 47.7 Å². The van der Waals surface area contributed by atoms with Gasteiger partial charge in [-0.05, 0) is 26.2 Å². The van der Waals surface area contributed by atoms with Crippen molar-refractivity contribution in [2.75, 3.05) is 0 Å². The first-order valence-electron chi connectivity index (χ1n) is 4.88. The van der Waals surface area contributed by atoms with E-state index in [2.05, 4.69) is 32.7 Å². The molecule has 0 fully saturated rings. The number of hydrogen-bond acceptors (Lipinski definition) is 2. The molecule has 1 rings (SSSR count). The lowest BCUT2D eigenvalue weighted by Gasteiger charge is -2.08. The first-order valence-corrected chi connectivity index (χ1v) is 5.70. The van der Waals surface area contributed by atoms with Crippen molar-refractivity contribution in [3.05, 3.63) is 22.5 Å². The zero-order valence-electron chi connectivity index (χ0n) is 8.76. The molecule has 1 radical (unpaired) electrons.